The maximum atomic E-state index is 5.94. The number of ether oxygens (including phenoxy) is 1. The van der Waals surface area contributed by atoms with Crippen molar-refractivity contribution in [2.45, 2.75) is 19.8 Å². The van der Waals surface area contributed by atoms with Crippen molar-refractivity contribution in [1.29, 1.82) is 0 Å². The van der Waals surface area contributed by atoms with Crippen molar-refractivity contribution < 1.29 is 4.74 Å². The summed E-state index contributed by atoms with van der Waals surface area (Å²) in [6.45, 7) is 4.21. The van der Waals surface area contributed by atoms with E-state index in [-0.39, 0.29) is 24.0 Å². The molecule has 2 rings (SSSR count). The third kappa shape index (κ3) is 8.23. The minimum absolute atomic E-state index is 0. The molecule has 0 amide bonds. The van der Waals surface area contributed by atoms with Gasteiger partial charge in [0.05, 0.1) is 6.61 Å². The summed E-state index contributed by atoms with van der Waals surface area (Å²) in [6, 6.07) is 11.6. The fourth-order valence-corrected chi connectivity index (χ4v) is 2.54. The van der Waals surface area contributed by atoms with Crippen LogP contribution in [0.5, 0.6) is 5.75 Å². The van der Waals surface area contributed by atoms with Crippen molar-refractivity contribution >= 4 is 41.5 Å². The smallest absolute Gasteiger partial charge is 0.190 e. The van der Waals surface area contributed by atoms with Gasteiger partial charge in [-0.3, -0.25) is 9.98 Å². The van der Waals surface area contributed by atoms with E-state index in [4.69, 9.17) is 16.3 Å². The fraction of sp³-hybridized carbons (Fsp3) is 0.368. The van der Waals surface area contributed by atoms with E-state index in [0.717, 1.165) is 53.9 Å². The van der Waals surface area contributed by atoms with Crippen LogP contribution in [0.25, 0.3) is 0 Å². The number of halogens is 2. The summed E-state index contributed by atoms with van der Waals surface area (Å²) in [6.07, 6.45) is 3.55. The Morgan fingerprint density at radius 3 is 2.69 bits per heavy atom. The number of hydrogen-bond donors (Lipinski definition) is 2. The molecule has 2 N–H and O–H groups in total. The quantitative estimate of drug-likeness (QED) is 0.257. The van der Waals surface area contributed by atoms with Gasteiger partial charge in [-0.1, -0.05) is 17.7 Å². The first kappa shape index (κ1) is 22.5. The Bertz CT molecular complexity index is 682. The average molecular weight is 489 g/mol. The van der Waals surface area contributed by atoms with E-state index in [2.05, 4.69) is 20.6 Å². The highest BCUT2D eigenvalue weighted by Gasteiger charge is 2.01. The number of aryl methyl sites for hydroxylation is 1. The number of benzene rings is 1. The van der Waals surface area contributed by atoms with E-state index < -0.39 is 0 Å². The van der Waals surface area contributed by atoms with Crippen LogP contribution in [0.3, 0.4) is 0 Å². The van der Waals surface area contributed by atoms with Crippen molar-refractivity contribution in [1.82, 2.24) is 15.6 Å². The number of hydrogen-bond acceptors (Lipinski definition) is 3. The molecule has 0 aliphatic carbocycles. The van der Waals surface area contributed by atoms with Gasteiger partial charge in [-0.25, -0.2) is 0 Å². The molecule has 0 saturated carbocycles. The molecule has 26 heavy (non-hydrogen) atoms. The topological polar surface area (TPSA) is 58.5 Å². The maximum Gasteiger partial charge on any atom is 0.190 e. The van der Waals surface area contributed by atoms with Gasteiger partial charge in [0.1, 0.15) is 5.75 Å². The predicted octanol–water partition coefficient (Wildman–Crippen LogP) is 3.84. The van der Waals surface area contributed by atoms with Crippen molar-refractivity contribution in [2.75, 3.05) is 26.7 Å². The SMILES string of the molecule is CN=C(NCCCOc1ccc(Cl)cc1C)NCCc1ccccn1.I. The second-order valence-corrected chi connectivity index (χ2v) is 6.05. The lowest BCUT2D eigenvalue weighted by molar-refractivity contribution is 0.309. The lowest BCUT2D eigenvalue weighted by atomic mass is 10.2. The molecule has 1 aromatic heterocycles. The number of guanidine groups is 1. The van der Waals surface area contributed by atoms with Crippen molar-refractivity contribution in [2.24, 2.45) is 4.99 Å². The molecular formula is C19H26ClIN4O. The van der Waals surface area contributed by atoms with Gasteiger partial charge in [0.25, 0.3) is 0 Å². The zero-order valence-electron chi connectivity index (χ0n) is 15.2. The first-order valence-corrected chi connectivity index (χ1v) is 8.80. The molecule has 5 nitrogen and oxygen atoms in total. The number of rotatable bonds is 8. The Balaban J connectivity index is 0.00000338. The summed E-state index contributed by atoms with van der Waals surface area (Å²) < 4.78 is 5.78. The third-order valence-electron chi connectivity index (χ3n) is 3.63. The molecule has 0 spiro atoms. The number of nitrogens with one attached hydrogen (secondary N) is 2. The van der Waals surface area contributed by atoms with Crippen LogP contribution in [0.15, 0.2) is 47.6 Å². The molecule has 2 aromatic rings. The summed E-state index contributed by atoms with van der Waals surface area (Å²) in [5, 5.41) is 7.30. The van der Waals surface area contributed by atoms with Crippen LogP contribution < -0.4 is 15.4 Å². The van der Waals surface area contributed by atoms with Crippen LogP contribution in [-0.2, 0) is 6.42 Å². The Kier molecular flexibility index (Phi) is 11.0. The molecule has 142 valence electrons. The molecular weight excluding hydrogens is 463 g/mol. The molecule has 0 fully saturated rings. The summed E-state index contributed by atoms with van der Waals surface area (Å²) in [7, 11) is 1.77. The molecule has 0 unspecified atom stereocenters. The zero-order valence-corrected chi connectivity index (χ0v) is 18.3. The zero-order chi connectivity index (χ0) is 17.9. The van der Waals surface area contributed by atoms with Crippen LogP contribution in [0.4, 0.5) is 0 Å². The normalized spacial score (nSPS) is 10.8. The molecule has 0 radical (unpaired) electrons. The standard InChI is InChI=1S/C19H25ClN4O.HI/c1-15-14-16(20)7-8-18(15)25-13-5-11-23-19(21-2)24-12-9-17-6-3-4-10-22-17;/h3-4,6-8,10,14H,5,9,11-13H2,1-2H3,(H2,21,23,24);1H. The minimum atomic E-state index is 0. The lowest BCUT2D eigenvalue weighted by Gasteiger charge is -2.13. The van der Waals surface area contributed by atoms with Crippen molar-refractivity contribution in [3.05, 3.63) is 58.9 Å². The van der Waals surface area contributed by atoms with E-state index in [1.54, 1.807) is 7.05 Å². The number of pyridine rings is 1. The highest BCUT2D eigenvalue weighted by Crippen LogP contribution is 2.21. The van der Waals surface area contributed by atoms with Crippen LogP contribution in [-0.4, -0.2) is 37.7 Å². The summed E-state index contributed by atoms with van der Waals surface area (Å²) in [4.78, 5) is 8.52. The molecule has 0 bridgehead atoms. The minimum Gasteiger partial charge on any atom is -0.493 e. The van der Waals surface area contributed by atoms with E-state index in [0.29, 0.717) is 6.61 Å². The van der Waals surface area contributed by atoms with Gasteiger partial charge in [0.15, 0.2) is 5.96 Å². The molecule has 0 aliphatic rings. The van der Waals surface area contributed by atoms with Gasteiger partial charge in [-0.15, -0.1) is 24.0 Å². The van der Waals surface area contributed by atoms with Gasteiger partial charge in [-0.05, 0) is 49.2 Å². The highest BCUT2D eigenvalue weighted by molar-refractivity contribution is 14.0. The Morgan fingerprint density at radius 1 is 1.19 bits per heavy atom. The van der Waals surface area contributed by atoms with Crippen LogP contribution in [0.2, 0.25) is 5.02 Å². The maximum absolute atomic E-state index is 5.94. The average Bonchev–Trinajstić information content (AvgIpc) is 2.62. The molecule has 0 atom stereocenters. The molecule has 1 heterocycles. The Morgan fingerprint density at radius 2 is 2.00 bits per heavy atom. The van der Waals surface area contributed by atoms with E-state index in [9.17, 15) is 0 Å². The highest BCUT2D eigenvalue weighted by atomic mass is 127. The summed E-state index contributed by atoms with van der Waals surface area (Å²) in [5.74, 6) is 1.67. The molecule has 0 saturated heterocycles. The van der Waals surface area contributed by atoms with E-state index in [1.807, 2.05) is 49.5 Å². The van der Waals surface area contributed by atoms with Crippen LogP contribution in [0.1, 0.15) is 17.7 Å². The van der Waals surface area contributed by atoms with E-state index in [1.165, 1.54) is 0 Å². The fourth-order valence-electron chi connectivity index (χ4n) is 2.31. The predicted molar refractivity (Wildman–Crippen MR) is 119 cm³/mol. The van der Waals surface area contributed by atoms with E-state index >= 15 is 0 Å². The Hall–Kier alpha value is -1.54. The lowest BCUT2D eigenvalue weighted by Crippen LogP contribution is -2.39. The monoisotopic (exact) mass is 488 g/mol. The van der Waals surface area contributed by atoms with Gasteiger partial charge < -0.3 is 15.4 Å². The van der Waals surface area contributed by atoms with Gasteiger partial charge in [0.2, 0.25) is 0 Å². The number of aromatic nitrogens is 1. The molecule has 7 heteroatoms. The second-order valence-electron chi connectivity index (χ2n) is 5.61. The first-order valence-electron chi connectivity index (χ1n) is 8.42. The van der Waals surface area contributed by atoms with Gasteiger partial charge in [0, 0.05) is 43.5 Å². The second kappa shape index (κ2) is 12.8. The summed E-state index contributed by atoms with van der Waals surface area (Å²) in [5.41, 5.74) is 2.12. The van der Waals surface area contributed by atoms with Gasteiger partial charge in [-0.2, -0.15) is 0 Å². The van der Waals surface area contributed by atoms with Crippen molar-refractivity contribution in [3.63, 3.8) is 0 Å². The van der Waals surface area contributed by atoms with Crippen LogP contribution >= 0.6 is 35.6 Å². The van der Waals surface area contributed by atoms with Crippen LogP contribution in [0, 0.1) is 6.92 Å². The largest absolute Gasteiger partial charge is 0.493 e. The molecule has 1 aromatic carbocycles. The van der Waals surface area contributed by atoms with Gasteiger partial charge >= 0.3 is 0 Å². The Labute approximate surface area is 177 Å². The third-order valence-corrected chi connectivity index (χ3v) is 3.87. The number of nitrogens with zero attached hydrogens (tertiary/aromatic N) is 2. The van der Waals surface area contributed by atoms with Crippen molar-refractivity contribution in [3.8, 4) is 5.75 Å². The first-order chi connectivity index (χ1) is 12.2. The summed E-state index contributed by atoms with van der Waals surface area (Å²) >= 11 is 5.94. The number of aliphatic imine (C=N–C) groups is 1. The molecule has 0 aliphatic heterocycles.